The minimum atomic E-state index is -0.136. The number of hydrogen-bond acceptors (Lipinski definition) is 3. The quantitative estimate of drug-likeness (QED) is 0.755. The van der Waals surface area contributed by atoms with E-state index >= 15 is 0 Å². The minimum absolute atomic E-state index is 0.0378. The summed E-state index contributed by atoms with van der Waals surface area (Å²) in [5.41, 5.74) is 1.65. The second-order valence-electron chi connectivity index (χ2n) is 5.76. The fourth-order valence-electron chi connectivity index (χ4n) is 3.12. The number of hydrogen-bond donors (Lipinski definition) is 3. The van der Waals surface area contributed by atoms with Crippen molar-refractivity contribution in [1.82, 2.24) is 5.32 Å². The van der Waals surface area contributed by atoms with E-state index in [1.807, 2.05) is 18.2 Å². The zero-order chi connectivity index (χ0) is 15.1. The fraction of sp³-hybridized carbons (Fsp3) is 0.588. The first kappa shape index (κ1) is 15.8. The van der Waals surface area contributed by atoms with Gasteiger partial charge in [0.1, 0.15) is 0 Å². The Balaban J connectivity index is 2.01. The van der Waals surface area contributed by atoms with Crippen LogP contribution in [-0.2, 0) is 0 Å². The number of amides is 1. The van der Waals surface area contributed by atoms with Gasteiger partial charge in [-0.1, -0.05) is 32.3 Å². The third-order valence-electron chi connectivity index (χ3n) is 4.31. The topological polar surface area (TPSA) is 61.4 Å². The number of benzene rings is 1. The molecule has 4 heteroatoms. The molecule has 1 aliphatic rings. The van der Waals surface area contributed by atoms with E-state index in [1.165, 1.54) is 32.1 Å². The fourth-order valence-corrected chi connectivity index (χ4v) is 3.12. The van der Waals surface area contributed by atoms with Crippen LogP contribution in [-0.4, -0.2) is 30.2 Å². The molecule has 0 radical (unpaired) electrons. The average Bonchev–Trinajstić information content (AvgIpc) is 2.53. The van der Waals surface area contributed by atoms with Gasteiger partial charge in [0.15, 0.2) is 0 Å². The summed E-state index contributed by atoms with van der Waals surface area (Å²) in [4.78, 5) is 11.9. The minimum Gasteiger partial charge on any atom is -0.395 e. The molecule has 2 rings (SSSR count). The molecule has 1 aliphatic carbocycles. The van der Waals surface area contributed by atoms with Crippen LogP contribution < -0.4 is 10.6 Å². The van der Waals surface area contributed by atoms with Crippen LogP contribution in [0, 0.1) is 5.92 Å². The molecule has 21 heavy (non-hydrogen) atoms. The van der Waals surface area contributed by atoms with Crippen molar-refractivity contribution in [1.29, 1.82) is 0 Å². The molecular formula is C17H26N2O2. The lowest BCUT2D eigenvalue weighted by atomic mass is 9.83. The van der Waals surface area contributed by atoms with Gasteiger partial charge in [-0.05, 0) is 37.0 Å². The van der Waals surface area contributed by atoms with Crippen LogP contribution in [0.4, 0.5) is 5.69 Å². The molecule has 0 heterocycles. The van der Waals surface area contributed by atoms with Gasteiger partial charge in [-0.15, -0.1) is 0 Å². The number of anilines is 1. The van der Waals surface area contributed by atoms with Crippen molar-refractivity contribution in [2.24, 2.45) is 5.92 Å². The van der Waals surface area contributed by atoms with Crippen LogP contribution in [0.1, 0.15) is 49.4 Å². The SMILES string of the molecule is CCC1CCCCC1Nc1cccc(C(=O)NCCO)c1. The number of rotatable bonds is 6. The number of nitrogens with one attached hydrogen (secondary N) is 2. The van der Waals surface area contributed by atoms with Crippen molar-refractivity contribution in [3.05, 3.63) is 29.8 Å². The molecule has 1 aromatic rings. The monoisotopic (exact) mass is 290 g/mol. The van der Waals surface area contributed by atoms with Gasteiger partial charge in [-0.2, -0.15) is 0 Å². The third-order valence-corrected chi connectivity index (χ3v) is 4.31. The van der Waals surface area contributed by atoms with Gasteiger partial charge < -0.3 is 15.7 Å². The van der Waals surface area contributed by atoms with Gasteiger partial charge in [0.25, 0.3) is 5.91 Å². The predicted molar refractivity (Wildman–Crippen MR) is 85.5 cm³/mol. The summed E-state index contributed by atoms with van der Waals surface area (Å²) in [6.07, 6.45) is 6.32. The largest absolute Gasteiger partial charge is 0.395 e. The zero-order valence-corrected chi connectivity index (χ0v) is 12.8. The van der Waals surface area contributed by atoms with Crippen molar-refractivity contribution >= 4 is 11.6 Å². The van der Waals surface area contributed by atoms with E-state index in [9.17, 15) is 4.79 Å². The molecule has 1 aromatic carbocycles. The lowest BCUT2D eigenvalue weighted by Crippen LogP contribution is -2.32. The highest BCUT2D eigenvalue weighted by Crippen LogP contribution is 2.29. The van der Waals surface area contributed by atoms with E-state index in [2.05, 4.69) is 17.6 Å². The summed E-state index contributed by atoms with van der Waals surface area (Å²) in [5, 5.41) is 15.0. The molecule has 2 unspecified atom stereocenters. The molecule has 0 aromatic heterocycles. The van der Waals surface area contributed by atoms with E-state index in [0.29, 0.717) is 11.6 Å². The number of aliphatic hydroxyl groups is 1. The Morgan fingerprint density at radius 2 is 2.14 bits per heavy atom. The van der Waals surface area contributed by atoms with E-state index in [-0.39, 0.29) is 19.1 Å². The van der Waals surface area contributed by atoms with Gasteiger partial charge >= 0.3 is 0 Å². The summed E-state index contributed by atoms with van der Waals surface area (Å²) >= 11 is 0. The first-order valence-corrected chi connectivity index (χ1v) is 8.00. The van der Waals surface area contributed by atoms with Crippen LogP contribution in [0.25, 0.3) is 0 Å². The maximum absolute atomic E-state index is 11.9. The van der Waals surface area contributed by atoms with Crippen LogP contribution >= 0.6 is 0 Å². The average molecular weight is 290 g/mol. The molecule has 2 atom stereocenters. The normalized spacial score (nSPS) is 21.8. The number of carbonyl (C=O) groups excluding carboxylic acids is 1. The molecule has 1 saturated carbocycles. The molecule has 1 amide bonds. The Morgan fingerprint density at radius 1 is 1.33 bits per heavy atom. The molecule has 3 N–H and O–H groups in total. The lowest BCUT2D eigenvalue weighted by molar-refractivity contribution is 0.0945. The van der Waals surface area contributed by atoms with E-state index in [1.54, 1.807) is 6.07 Å². The predicted octanol–water partition coefficient (Wildman–Crippen LogP) is 2.79. The van der Waals surface area contributed by atoms with Crippen LogP contribution in [0.2, 0.25) is 0 Å². The molecule has 1 fully saturated rings. The highest BCUT2D eigenvalue weighted by molar-refractivity contribution is 5.95. The van der Waals surface area contributed by atoms with Gasteiger partial charge in [0, 0.05) is 23.8 Å². The van der Waals surface area contributed by atoms with Crippen LogP contribution in [0.15, 0.2) is 24.3 Å². The zero-order valence-electron chi connectivity index (χ0n) is 12.8. The Labute approximate surface area is 126 Å². The first-order chi connectivity index (χ1) is 10.2. The van der Waals surface area contributed by atoms with E-state index in [4.69, 9.17) is 5.11 Å². The molecular weight excluding hydrogens is 264 g/mol. The Morgan fingerprint density at radius 3 is 2.90 bits per heavy atom. The Kier molecular flexibility index (Phi) is 6.05. The molecule has 0 bridgehead atoms. The smallest absolute Gasteiger partial charge is 0.251 e. The number of carbonyl (C=O) groups is 1. The molecule has 0 saturated heterocycles. The third kappa shape index (κ3) is 4.46. The van der Waals surface area contributed by atoms with Gasteiger partial charge in [-0.25, -0.2) is 0 Å². The van der Waals surface area contributed by atoms with Crippen molar-refractivity contribution in [3.63, 3.8) is 0 Å². The highest BCUT2D eigenvalue weighted by Gasteiger charge is 2.23. The van der Waals surface area contributed by atoms with Crippen molar-refractivity contribution in [2.75, 3.05) is 18.5 Å². The Hall–Kier alpha value is -1.55. The maximum Gasteiger partial charge on any atom is 0.251 e. The summed E-state index contributed by atoms with van der Waals surface area (Å²) in [6.45, 7) is 2.50. The summed E-state index contributed by atoms with van der Waals surface area (Å²) in [6, 6.07) is 8.13. The van der Waals surface area contributed by atoms with Crippen molar-refractivity contribution in [2.45, 2.75) is 45.1 Å². The molecule has 0 spiro atoms. The van der Waals surface area contributed by atoms with Crippen molar-refractivity contribution in [3.8, 4) is 0 Å². The van der Waals surface area contributed by atoms with Crippen molar-refractivity contribution < 1.29 is 9.90 Å². The summed E-state index contributed by atoms with van der Waals surface area (Å²) < 4.78 is 0. The molecule has 0 aliphatic heterocycles. The van der Waals surface area contributed by atoms with Gasteiger partial charge in [0.05, 0.1) is 6.61 Å². The van der Waals surface area contributed by atoms with Crippen LogP contribution in [0.5, 0.6) is 0 Å². The highest BCUT2D eigenvalue weighted by atomic mass is 16.3. The number of aliphatic hydroxyl groups excluding tert-OH is 1. The summed E-state index contributed by atoms with van der Waals surface area (Å²) in [7, 11) is 0. The first-order valence-electron chi connectivity index (χ1n) is 8.00. The standard InChI is InChI=1S/C17H26N2O2/c1-2-13-6-3-4-9-16(13)19-15-8-5-7-14(12-15)17(21)18-10-11-20/h5,7-8,12-13,16,19-20H,2-4,6,9-11H2,1H3,(H,18,21). The van der Waals surface area contributed by atoms with E-state index < -0.39 is 0 Å². The second-order valence-corrected chi connectivity index (χ2v) is 5.76. The van der Waals surface area contributed by atoms with Gasteiger partial charge in [-0.3, -0.25) is 4.79 Å². The summed E-state index contributed by atoms with van der Waals surface area (Å²) in [5.74, 6) is 0.592. The maximum atomic E-state index is 11.9. The Bertz CT molecular complexity index is 462. The van der Waals surface area contributed by atoms with E-state index in [0.717, 1.165) is 11.6 Å². The molecule has 116 valence electrons. The van der Waals surface area contributed by atoms with Gasteiger partial charge in [0.2, 0.25) is 0 Å². The molecule has 4 nitrogen and oxygen atoms in total. The van der Waals surface area contributed by atoms with Crippen LogP contribution in [0.3, 0.4) is 0 Å². The second kappa shape index (κ2) is 8.03. The lowest BCUT2D eigenvalue weighted by Gasteiger charge is -2.32.